The molecular weight excluding hydrogens is 677 g/mol. The molecule has 2 aromatic rings. The van der Waals surface area contributed by atoms with E-state index in [1.807, 2.05) is 0 Å². The first-order valence-corrected chi connectivity index (χ1v) is 15.2. The van der Waals surface area contributed by atoms with Crippen LogP contribution in [0.4, 0.5) is 22.0 Å². The Morgan fingerprint density at radius 3 is 2.32 bits per heavy atom. The average Bonchev–Trinajstić information content (AvgIpc) is 3.01. The van der Waals surface area contributed by atoms with E-state index in [1.54, 1.807) is 12.2 Å². The number of hydrogen-bond donors (Lipinski definition) is 6. The minimum absolute atomic E-state index is 0.00246. The molecule has 4 atom stereocenters. The van der Waals surface area contributed by atoms with Crippen LogP contribution in [0.3, 0.4) is 0 Å². The third kappa shape index (κ3) is 5.44. The number of nitrogens with two attached hydrogens (primary N) is 1. The van der Waals surface area contributed by atoms with E-state index < -0.39 is 93.9 Å². The number of likely N-dealkylation sites (N-methyl/N-ethyl adjacent to an activating group) is 1. The number of aromatic hydroxyl groups is 1. The van der Waals surface area contributed by atoms with Gasteiger partial charge >= 0.3 is 18.0 Å². The Hall–Kier alpha value is -5.03. The zero-order valence-electron chi connectivity index (χ0n) is 26.7. The summed E-state index contributed by atoms with van der Waals surface area (Å²) < 4.78 is 71.0. The van der Waals surface area contributed by atoms with E-state index in [0.717, 1.165) is 6.07 Å². The molecule has 0 bridgehead atoms. The number of phenolic OH excluding ortho intramolecular Hbond substituents is 1. The van der Waals surface area contributed by atoms with Crippen molar-refractivity contribution in [2.75, 3.05) is 20.7 Å². The van der Waals surface area contributed by atoms with Crippen molar-refractivity contribution in [3.8, 4) is 22.6 Å². The number of rotatable bonds is 8. The molecule has 0 saturated carbocycles. The second-order valence-corrected chi connectivity index (χ2v) is 12.5. The Labute approximate surface area is 280 Å². The summed E-state index contributed by atoms with van der Waals surface area (Å²) in [4.78, 5) is 52.9. The second-order valence-electron chi connectivity index (χ2n) is 12.5. The molecule has 3 aliphatic carbocycles. The van der Waals surface area contributed by atoms with Crippen LogP contribution in [0.5, 0.6) is 11.5 Å². The van der Waals surface area contributed by atoms with E-state index in [2.05, 4.69) is 0 Å². The Morgan fingerprint density at radius 1 is 1.08 bits per heavy atom. The molecule has 5 rings (SSSR count). The number of allylic oxidation sites excluding steroid dienone is 1. The fraction of sp³-hybridized carbons (Fsp3) is 0.394. The van der Waals surface area contributed by atoms with Crippen LogP contribution >= 0.6 is 0 Å². The van der Waals surface area contributed by atoms with E-state index in [9.17, 15) is 61.6 Å². The number of ketones is 2. The maximum atomic E-state index is 14.0. The van der Waals surface area contributed by atoms with E-state index in [0.29, 0.717) is 5.56 Å². The summed E-state index contributed by atoms with van der Waals surface area (Å²) in [6.07, 6.45) is -6.41. The number of amides is 2. The van der Waals surface area contributed by atoms with E-state index in [4.69, 9.17) is 10.5 Å². The molecule has 0 saturated heterocycles. The van der Waals surface area contributed by atoms with Crippen molar-refractivity contribution >= 4 is 23.4 Å². The Bertz CT molecular complexity index is 1890. The zero-order chi connectivity index (χ0) is 37.2. The highest BCUT2D eigenvalue weighted by Gasteiger charge is 2.64. The summed E-state index contributed by atoms with van der Waals surface area (Å²) >= 11 is 0. The van der Waals surface area contributed by atoms with Gasteiger partial charge in [0.15, 0.2) is 11.4 Å². The van der Waals surface area contributed by atoms with Crippen LogP contribution in [-0.4, -0.2) is 93.2 Å². The molecule has 268 valence electrons. The summed E-state index contributed by atoms with van der Waals surface area (Å²) in [5.74, 6) is -16.4. The number of phenols is 1. The summed E-state index contributed by atoms with van der Waals surface area (Å²) in [6.45, 7) is 0.853. The fourth-order valence-corrected chi connectivity index (χ4v) is 7.12. The van der Waals surface area contributed by atoms with Crippen molar-refractivity contribution < 1.29 is 66.3 Å². The number of aliphatic hydroxyl groups excluding tert-OH is 2. The predicted octanol–water partition coefficient (Wildman–Crippen LogP) is 3.00. The number of aliphatic hydroxyl groups is 3. The molecule has 0 aromatic heterocycles. The number of hydrogen-bond acceptors (Lipinski definition) is 10. The Kier molecular flexibility index (Phi) is 8.98. The lowest BCUT2D eigenvalue weighted by atomic mass is 9.58. The first-order valence-electron chi connectivity index (χ1n) is 15.2. The molecule has 7 N–H and O–H groups in total. The van der Waals surface area contributed by atoms with Gasteiger partial charge in [0.1, 0.15) is 28.6 Å². The van der Waals surface area contributed by atoms with E-state index in [-0.39, 0.29) is 47.5 Å². The number of primary amides is 1. The van der Waals surface area contributed by atoms with Crippen LogP contribution in [0.25, 0.3) is 11.1 Å². The number of benzene rings is 2. The first kappa shape index (κ1) is 36.3. The number of nitrogens with one attached hydrogen (secondary N) is 1. The van der Waals surface area contributed by atoms with Crippen molar-refractivity contribution in [1.29, 1.82) is 0 Å². The van der Waals surface area contributed by atoms with E-state index >= 15 is 0 Å². The number of halogens is 5. The molecule has 0 heterocycles. The van der Waals surface area contributed by atoms with Gasteiger partial charge in [0, 0.05) is 23.6 Å². The summed E-state index contributed by atoms with van der Waals surface area (Å²) in [6, 6.07) is 5.57. The van der Waals surface area contributed by atoms with Crippen molar-refractivity contribution in [2.45, 2.75) is 50.1 Å². The van der Waals surface area contributed by atoms with Gasteiger partial charge in [-0.15, -0.1) is 0 Å². The molecule has 2 amide bonds. The van der Waals surface area contributed by atoms with Gasteiger partial charge in [0.25, 0.3) is 5.91 Å². The lowest BCUT2D eigenvalue weighted by Crippen LogP contribution is -2.63. The topological polar surface area (TPSA) is 200 Å². The standard InChI is InChI=1S/C33H32F5N3O9/c1-4-50-20-8-5-13(9-15(20)12-40-30(48)32(34,35)33(36,37)38)16-6-7-19(42)22-17(16)10-14-11-18-24(41(2)3)26(44)23(29(39)47)28(46)31(18,49)27(45)21(14)25(22)43/h5-9,14,18,24,42,44-45,49H,4,10-12H2,1-3H3,(H2,39,47)(H,40,48)/t14-,18-,24-,31-/m0/s1. The minimum Gasteiger partial charge on any atom is -0.510 e. The second kappa shape index (κ2) is 12.4. The molecule has 0 unspecified atom stereocenters. The minimum atomic E-state index is -6.13. The molecule has 12 nitrogen and oxygen atoms in total. The summed E-state index contributed by atoms with van der Waals surface area (Å²) in [5, 5.41) is 46.6. The lowest BCUT2D eigenvalue weighted by Gasteiger charge is -2.50. The number of nitrogens with zero attached hydrogens (tertiary/aromatic N) is 1. The maximum absolute atomic E-state index is 14.0. The van der Waals surface area contributed by atoms with Crippen LogP contribution < -0.4 is 15.8 Å². The smallest absolute Gasteiger partial charge is 0.463 e. The van der Waals surface area contributed by atoms with Gasteiger partial charge in [-0.2, -0.15) is 22.0 Å². The maximum Gasteiger partial charge on any atom is 0.463 e. The molecule has 0 spiro atoms. The first-order chi connectivity index (χ1) is 23.2. The third-order valence-electron chi connectivity index (χ3n) is 9.36. The van der Waals surface area contributed by atoms with Crippen molar-refractivity contribution in [2.24, 2.45) is 17.6 Å². The van der Waals surface area contributed by atoms with Crippen LogP contribution in [0.1, 0.15) is 34.8 Å². The highest BCUT2D eigenvalue weighted by Crippen LogP contribution is 2.53. The SMILES string of the molecule is CCOc1ccc(-c2ccc(O)c3c2C[C@H]2C[C@H]4[C@H](N(C)C)C(O)=C(C(N)=O)C(=O)[C@@]4(O)C(O)=C2C3=O)cc1CNC(=O)C(F)(F)C(F)(F)F. The van der Waals surface area contributed by atoms with Gasteiger partial charge in [0.05, 0.1) is 18.2 Å². The van der Waals surface area contributed by atoms with Crippen molar-refractivity contribution in [3.05, 3.63) is 69.7 Å². The number of carbonyl (C=O) groups excluding carboxylic acids is 4. The highest BCUT2D eigenvalue weighted by molar-refractivity contribution is 6.25. The number of alkyl halides is 5. The predicted molar refractivity (Wildman–Crippen MR) is 163 cm³/mol. The van der Waals surface area contributed by atoms with Crippen LogP contribution in [0.2, 0.25) is 0 Å². The largest absolute Gasteiger partial charge is 0.510 e. The van der Waals surface area contributed by atoms with Gasteiger partial charge < -0.3 is 36.2 Å². The number of Topliss-reactive ketones (excluding diaryl/α,β-unsaturated/α-hetero) is 2. The molecule has 17 heteroatoms. The molecule has 0 radical (unpaired) electrons. The van der Waals surface area contributed by atoms with Gasteiger partial charge in [0.2, 0.25) is 5.78 Å². The van der Waals surface area contributed by atoms with Gasteiger partial charge in [-0.05, 0) is 74.7 Å². The van der Waals surface area contributed by atoms with Gasteiger partial charge in [-0.25, -0.2) is 0 Å². The number of fused-ring (bicyclic) bond motifs is 3. The summed E-state index contributed by atoms with van der Waals surface area (Å²) in [7, 11) is 2.97. The molecular formula is C33H32F5N3O9. The highest BCUT2D eigenvalue weighted by atomic mass is 19.4. The van der Waals surface area contributed by atoms with Crippen LogP contribution in [0.15, 0.2) is 53.0 Å². The van der Waals surface area contributed by atoms with E-state index in [1.165, 1.54) is 43.3 Å². The molecule has 3 aliphatic rings. The van der Waals surface area contributed by atoms with Gasteiger partial charge in [-0.1, -0.05) is 12.1 Å². The summed E-state index contributed by atoms with van der Waals surface area (Å²) in [5.41, 5.74) is 1.66. The monoisotopic (exact) mass is 709 g/mol. The molecule has 2 aromatic carbocycles. The molecule has 50 heavy (non-hydrogen) atoms. The Morgan fingerprint density at radius 2 is 1.74 bits per heavy atom. The van der Waals surface area contributed by atoms with Crippen molar-refractivity contribution in [1.82, 2.24) is 10.2 Å². The molecule has 0 aliphatic heterocycles. The number of ether oxygens (including phenoxy) is 1. The number of carbonyl (C=O) groups is 4. The fourth-order valence-electron chi connectivity index (χ4n) is 7.12. The zero-order valence-corrected chi connectivity index (χ0v) is 26.7. The molecule has 0 fully saturated rings. The van der Waals surface area contributed by atoms with Crippen molar-refractivity contribution in [3.63, 3.8) is 0 Å². The van der Waals surface area contributed by atoms with Crippen LogP contribution in [-0.2, 0) is 27.3 Å². The Balaban J connectivity index is 1.60. The van der Waals surface area contributed by atoms with Gasteiger partial charge in [-0.3, -0.25) is 24.1 Å². The lowest BCUT2D eigenvalue weighted by molar-refractivity contribution is -0.269. The third-order valence-corrected chi connectivity index (χ3v) is 9.36. The normalized spacial score (nSPS) is 23.8. The average molecular weight is 710 g/mol. The quantitative estimate of drug-likeness (QED) is 0.175. The van der Waals surface area contributed by atoms with Crippen LogP contribution in [0, 0.1) is 11.8 Å².